The van der Waals surface area contributed by atoms with Crippen LogP contribution in [0.5, 0.6) is 11.5 Å². The van der Waals surface area contributed by atoms with Gasteiger partial charge < -0.3 is 19.5 Å². The second kappa shape index (κ2) is 12.3. The number of rotatable bonds is 10. The van der Waals surface area contributed by atoms with E-state index in [9.17, 15) is 14.4 Å². The third-order valence-electron chi connectivity index (χ3n) is 3.71. The molecule has 0 aliphatic carbocycles. The highest BCUT2D eigenvalue weighted by Crippen LogP contribution is 2.28. The molecule has 0 fully saturated rings. The number of hydrazone groups is 1. The van der Waals surface area contributed by atoms with Crippen LogP contribution in [0.4, 0.5) is 5.69 Å². The first-order chi connectivity index (χ1) is 14.9. The molecule has 2 N–H and O–H groups in total. The fourth-order valence-electron chi connectivity index (χ4n) is 2.31. The van der Waals surface area contributed by atoms with Gasteiger partial charge in [-0.25, -0.2) is 10.2 Å². The topological polar surface area (TPSA) is 115 Å². The van der Waals surface area contributed by atoms with E-state index in [2.05, 4.69) is 36.5 Å². The van der Waals surface area contributed by atoms with Gasteiger partial charge in [0, 0.05) is 4.47 Å². The molecule has 0 aliphatic heterocycles. The number of hydrogen-bond donors (Lipinski definition) is 2. The molecule has 0 heterocycles. The average Bonchev–Trinajstić information content (AvgIpc) is 2.74. The summed E-state index contributed by atoms with van der Waals surface area (Å²) < 4.78 is 16.1. The summed E-state index contributed by atoms with van der Waals surface area (Å²) >= 11 is 3.32. The number of halogens is 1. The number of carbonyl (C=O) groups excluding carboxylic acids is 3. The summed E-state index contributed by atoms with van der Waals surface area (Å²) in [7, 11) is 1.27. The fourth-order valence-corrected chi connectivity index (χ4v) is 2.69. The number of anilines is 1. The molecule has 31 heavy (non-hydrogen) atoms. The number of methoxy groups -OCH3 is 1. The van der Waals surface area contributed by atoms with E-state index in [-0.39, 0.29) is 13.0 Å². The summed E-state index contributed by atoms with van der Waals surface area (Å²) in [6.45, 7) is 1.95. The molecule has 9 nitrogen and oxygen atoms in total. The van der Waals surface area contributed by atoms with Crippen LogP contribution < -0.4 is 20.2 Å². The Morgan fingerprint density at radius 2 is 1.84 bits per heavy atom. The normalized spacial score (nSPS) is 10.4. The molecule has 0 unspecified atom stereocenters. The molecule has 10 heteroatoms. The predicted octanol–water partition coefficient (Wildman–Crippen LogP) is 2.88. The SMILES string of the molecule is CCOc1cc(C=NNC(=O)CC(=O)Nc2ccccc2Br)ccc1OCC(=O)OC. The van der Waals surface area contributed by atoms with Gasteiger partial charge in [-0.2, -0.15) is 5.10 Å². The molecular weight excluding hydrogens is 470 g/mol. The number of ether oxygens (including phenoxy) is 3. The summed E-state index contributed by atoms with van der Waals surface area (Å²) in [6, 6.07) is 12.0. The smallest absolute Gasteiger partial charge is 0.343 e. The molecule has 164 valence electrons. The van der Waals surface area contributed by atoms with E-state index < -0.39 is 17.8 Å². The van der Waals surface area contributed by atoms with E-state index in [1.807, 2.05) is 13.0 Å². The molecule has 0 saturated carbocycles. The highest BCUT2D eigenvalue weighted by atomic mass is 79.9. The molecule has 2 aromatic rings. The summed E-state index contributed by atoms with van der Waals surface area (Å²) in [5, 5.41) is 6.49. The van der Waals surface area contributed by atoms with Crippen molar-refractivity contribution in [2.75, 3.05) is 25.6 Å². The monoisotopic (exact) mass is 491 g/mol. The van der Waals surface area contributed by atoms with Crippen LogP contribution >= 0.6 is 15.9 Å². The van der Waals surface area contributed by atoms with E-state index in [1.54, 1.807) is 36.4 Å². The average molecular weight is 492 g/mol. The maximum atomic E-state index is 12.0. The van der Waals surface area contributed by atoms with Crippen LogP contribution in [0.2, 0.25) is 0 Å². The fraction of sp³-hybridized carbons (Fsp3) is 0.238. The van der Waals surface area contributed by atoms with Crippen LogP contribution in [0.3, 0.4) is 0 Å². The maximum absolute atomic E-state index is 12.0. The Morgan fingerprint density at radius 1 is 1.06 bits per heavy atom. The van der Waals surface area contributed by atoms with Crippen LogP contribution in [0, 0.1) is 0 Å². The Labute approximate surface area is 187 Å². The zero-order valence-electron chi connectivity index (χ0n) is 17.0. The van der Waals surface area contributed by atoms with Gasteiger partial charge in [-0.3, -0.25) is 9.59 Å². The van der Waals surface area contributed by atoms with Crippen molar-refractivity contribution >= 4 is 45.6 Å². The maximum Gasteiger partial charge on any atom is 0.343 e. The van der Waals surface area contributed by atoms with Gasteiger partial charge in [-0.1, -0.05) is 12.1 Å². The minimum atomic E-state index is -0.566. The van der Waals surface area contributed by atoms with Gasteiger partial charge in [-0.05, 0) is 58.7 Å². The standard InChI is InChI=1S/C21H22BrN3O6/c1-3-30-18-10-14(8-9-17(18)31-13-21(28)29-2)12-23-25-20(27)11-19(26)24-16-7-5-4-6-15(16)22/h4-10,12H,3,11,13H2,1-2H3,(H,24,26)(H,25,27). The number of nitrogens with zero attached hydrogens (tertiary/aromatic N) is 1. The van der Waals surface area contributed by atoms with Crippen LogP contribution in [0.25, 0.3) is 0 Å². The lowest BCUT2D eigenvalue weighted by atomic mass is 10.2. The van der Waals surface area contributed by atoms with Crippen molar-refractivity contribution in [1.29, 1.82) is 0 Å². The van der Waals surface area contributed by atoms with Crippen LogP contribution in [-0.2, 0) is 19.1 Å². The van der Waals surface area contributed by atoms with Gasteiger partial charge >= 0.3 is 5.97 Å². The highest BCUT2D eigenvalue weighted by Gasteiger charge is 2.11. The minimum absolute atomic E-state index is 0.248. The summed E-state index contributed by atoms with van der Waals surface area (Å²) in [5.74, 6) is -0.764. The number of amides is 2. The molecule has 0 aromatic heterocycles. The van der Waals surface area contributed by atoms with Crippen LogP contribution in [0.1, 0.15) is 18.9 Å². The lowest BCUT2D eigenvalue weighted by Gasteiger charge is -2.11. The molecule has 0 aliphatic rings. The second-order valence-corrected chi connectivity index (χ2v) is 6.86. The Balaban J connectivity index is 1.91. The van der Waals surface area contributed by atoms with E-state index in [0.717, 1.165) is 0 Å². The Bertz CT molecular complexity index is 964. The second-order valence-electron chi connectivity index (χ2n) is 6.00. The number of para-hydroxylation sites is 1. The molecule has 2 amide bonds. The highest BCUT2D eigenvalue weighted by molar-refractivity contribution is 9.10. The quantitative estimate of drug-likeness (QED) is 0.228. The van der Waals surface area contributed by atoms with Crippen LogP contribution in [-0.4, -0.2) is 44.3 Å². The lowest BCUT2D eigenvalue weighted by Crippen LogP contribution is -2.24. The van der Waals surface area contributed by atoms with Crippen molar-refractivity contribution in [2.24, 2.45) is 5.10 Å². The van der Waals surface area contributed by atoms with E-state index in [0.29, 0.717) is 33.8 Å². The largest absolute Gasteiger partial charge is 0.490 e. The number of benzene rings is 2. The van der Waals surface area contributed by atoms with Crippen molar-refractivity contribution in [3.8, 4) is 11.5 Å². The van der Waals surface area contributed by atoms with Crippen molar-refractivity contribution in [1.82, 2.24) is 5.43 Å². The molecular formula is C21H22BrN3O6. The molecule has 0 bridgehead atoms. The first-order valence-corrected chi connectivity index (χ1v) is 10.0. The van der Waals surface area contributed by atoms with Crippen molar-refractivity contribution in [2.45, 2.75) is 13.3 Å². The number of carbonyl (C=O) groups is 3. The zero-order valence-corrected chi connectivity index (χ0v) is 18.6. The molecule has 0 atom stereocenters. The minimum Gasteiger partial charge on any atom is -0.490 e. The predicted molar refractivity (Wildman–Crippen MR) is 118 cm³/mol. The number of esters is 1. The molecule has 2 aromatic carbocycles. The summed E-state index contributed by atoms with van der Waals surface area (Å²) in [5.41, 5.74) is 3.49. The first kappa shape index (κ1) is 23.9. The van der Waals surface area contributed by atoms with Crippen molar-refractivity contribution in [3.63, 3.8) is 0 Å². The van der Waals surface area contributed by atoms with Gasteiger partial charge in [0.2, 0.25) is 11.8 Å². The van der Waals surface area contributed by atoms with Gasteiger partial charge in [0.15, 0.2) is 18.1 Å². The van der Waals surface area contributed by atoms with E-state index in [1.165, 1.54) is 13.3 Å². The van der Waals surface area contributed by atoms with Crippen molar-refractivity contribution < 1.29 is 28.6 Å². The third-order valence-corrected chi connectivity index (χ3v) is 4.40. The third kappa shape index (κ3) is 8.09. The Hall–Kier alpha value is -3.40. The molecule has 0 saturated heterocycles. The molecule has 0 spiro atoms. The Morgan fingerprint density at radius 3 is 2.55 bits per heavy atom. The first-order valence-electron chi connectivity index (χ1n) is 9.25. The zero-order chi connectivity index (χ0) is 22.6. The summed E-state index contributed by atoms with van der Waals surface area (Å²) in [4.78, 5) is 35.2. The molecule has 2 rings (SSSR count). The van der Waals surface area contributed by atoms with Gasteiger partial charge in [0.25, 0.3) is 0 Å². The van der Waals surface area contributed by atoms with Gasteiger partial charge in [-0.15, -0.1) is 0 Å². The number of hydrogen-bond acceptors (Lipinski definition) is 7. The van der Waals surface area contributed by atoms with Gasteiger partial charge in [0.05, 0.1) is 25.6 Å². The summed E-state index contributed by atoms with van der Waals surface area (Å²) in [6.07, 6.45) is 1.01. The number of nitrogens with one attached hydrogen (secondary N) is 2. The van der Waals surface area contributed by atoms with Crippen molar-refractivity contribution in [3.05, 3.63) is 52.5 Å². The van der Waals surface area contributed by atoms with E-state index >= 15 is 0 Å². The lowest BCUT2D eigenvalue weighted by molar-refractivity contribution is -0.143. The van der Waals surface area contributed by atoms with E-state index in [4.69, 9.17) is 9.47 Å². The van der Waals surface area contributed by atoms with Crippen LogP contribution in [0.15, 0.2) is 52.0 Å². The Kier molecular flexibility index (Phi) is 9.50. The van der Waals surface area contributed by atoms with Gasteiger partial charge in [0.1, 0.15) is 6.42 Å². The molecule has 0 radical (unpaired) electrons.